The van der Waals surface area contributed by atoms with Crippen molar-refractivity contribution in [2.24, 2.45) is 0 Å². The Bertz CT molecular complexity index is 2600. The van der Waals surface area contributed by atoms with Crippen molar-refractivity contribution < 1.29 is 0 Å². The summed E-state index contributed by atoms with van der Waals surface area (Å²) in [6.45, 7) is 40.6. The molecule has 0 unspecified atom stereocenters. The normalized spacial score (nSPS) is 13.9. The third kappa shape index (κ3) is 7.32. The zero-order valence-corrected chi connectivity index (χ0v) is 40.8. The SMILES string of the molecule is CC.CC.CC(C)(C)c1ccc2c(c1)c1cc(C(C)(C)C)ccc1n2-c1ccc2c(c1)C(C)(C)c1cc(-n3c4ccc(C(C)(C)C)cc4c4cc(C(C)(C)C)ccc43)ccc1-2. The minimum absolute atomic E-state index is 0.0659. The molecule has 0 radical (unpaired) electrons. The van der Waals surface area contributed by atoms with Crippen LogP contribution in [0.25, 0.3) is 66.1 Å². The van der Waals surface area contributed by atoms with Gasteiger partial charge in [-0.05, 0) is 139 Å². The van der Waals surface area contributed by atoms with Crippen LogP contribution in [0.5, 0.6) is 0 Å². The van der Waals surface area contributed by atoms with Crippen molar-refractivity contribution in [3.8, 4) is 22.5 Å². The highest BCUT2D eigenvalue weighted by atomic mass is 15.0. The number of fused-ring (bicyclic) bond motifs is 9. The Balaban J connectivity index is 0.00000136. The minimum Gasteiger partial charge on any atom is -0.309 e. The Labute approximate surface area is 368 Å². The standard InChI is InChI=1S/C55H60N2.2C2H6/c1-51(2,3)33-15-23-47-41(27-33)42-28-34(52(4,5)6)16-24-48(42)56(47)37-19-21-39-40-22-20-38(32-46(40)55(13,14)45(39)31-37)57-49-25-17-35(53(7,8)9)29-43(49)44-30-36(54(10,11)12)18-26-50(44)57;2*1-2/h15-32H,1-14H3;2*1-2H3. The van der Waals surface area contributed by atoms with Gasteiger partial charge in [0, 0.05) is 38.3 Å². The quantitative estimate of drug-likeness (QED) is 0.165. The highest BCUT2D eigenvalue weighted by Gasteiger charge is 2.37. The van der Waals surface area contributed by atoms with Gasteiger partial charge < -0.3 is 9.13 Å². The smallest absolute Gasteiger partial charge is 0.0541 e. The summed E-state index contributed by atoms with van der Waals surface area (Å²) in [5.41, 5.74) is 18.4. The summed E-state index contributed by atoms with van der Waals surface area (Å²) in [5.74, 6) is 0. The number of hydrogen-bond donors (Lipinski definition) is 0. The van der Waals surface area contributed by atoms with Gasteiger partial charge in [0.25, 0.3) is 0 Å². The molecule has 0 saturated heterocycles. The molecule has 0 bridgehead atoms. The van der Waals surface area contributed by atoms with E-state index in [1.165, 1.54) is 99.5 Å². The van der Waals surface area contributed by atoms with Gasteiger partial charge in [-0.1, -0.05) is 161 Å². The highest BCUT2D eigenvalue weighted by Crippen LogP contribution is 2.51. The first kappa shape index (κ1) is 44.0. The Kier molecular flexibility index (Phi) is 10.9. The van der Waals surface area contributed by atoms with Crippen LogP contribution in [-0.4, -0.2) is 9.13 Å². The van der Waals surface area contributed by atoms with Crippen molar-refractivity contribution >= 4 is 43.6 Å². The van der Waals surface area contributed by atoms with Gasteiger partial charge >= 0.3 is 0 Å². The lowest BCUT2D eigenvalue weighted by Gasteiger charge is -2.23. The van der Waals surface area contributed by atoms with Gasteiger partial charge in [0.15, 0.2) is 0 Å². The summed E-state index contributed by atoms with van der Waals surface area (Å²) >= 11 is 0. The molecule has 2 heteroatoms. The number of benzene rings is 6. The van der Waals surface area contributed by atoms with E-state index in [1.54, 1.807) is 0 Å². The van der Waals surface area contributed by atoms with E-state index in [9.17, 15) is 0 Å². The minimum atomic E-state index is -0.189. The molecule has 1 aliphatic carbocycles. The van der Waals surface area contributed by atoms with E-state index in [0.29, 0.717) is 0 Å². The summed E-state index contributed by atoms with van der Waals surface area (Å²) in [5, 5.41) is 5.30. The van der Waals surface area contributed by atoms with Gasteiger partial charge in [-0.15, -0.1) is 0 Å². The van der Waals surface area contributed by atoms with Gasteiger partial charge in [-0.2, -0.15) is 0 Å². The van der Waals surface area contributed by atoms with Gasteiger partial charge in [0.2, 0.25) is 0 Å². The fraction of sp³-hybridized carbons (Fsp3) is 0.390. The van der Waals surface area contributed by atoms with E-state index >= 15 is 0 Å². The average molecular weight is 809 g/mol. The second-order valence-electron chi connectivity index (χ2n) is 21.7. The van der Waals surface area contributed by atoms with Crippen molar-refractivity contribution in [2.45, 2.75) is 152 Å². The number of hydrogen-bond acceptors (Lipinski definition) is 0. The summed E-state index contributed by atoms with van der Waals surface area (Å²) in [6.07, 6.45) is 0. The van der Waals surface area contributed by atoms with Crippen LogP contribution in [-0.2, 0) is 27.1 Å². The van der Waals surface area contributed by atoms with Crippen LogP contribution in [0.15, 0.2) is 109 Å². The first-order valence-corrected chi connectivity index (χ1v) is 23.0. The first-order valence-electron chi connectivity index (χ1n) is 23.0. The van der Waals surface area contributed by atoms with E-state index in [2.05, 4.69) is 215 Å². The number of rotatable bonds is 2. The summed E-state index contributed by atoms with van der Waals surface area (Å²) in [7, 11) is 0. The Morgan fingerprint density at radius 1 is 0.328 bits per heavy atom. The van der Waals surface area contributed by atoms with Crippen LogP contribution in [0, 0.1) is 0 Å². The monoisotopic (exact) mass is 809 g/mol. The lowest BCUT2D eigenvalue weighted by molar-refractivity contribution is 0.590. The molecule has 0 aliphatic heterocycles. The second kappa shape index (κ2) is 15.1. The van der Waals surface area contributed by atoms with Gasteiger partial charge in [0.1, 0.15) is 0 Å². The number of nitrogens with zero attached hydrogens (tertiary/aromatic N) is 2. The molecule has 1 aliphatic rings. The second-order valence-corrected chi connectivity index (χ2v) is 21.7. The molecule has 2 heterocycles. The molecule has 0 atom stereocenters. The first-order chi connectivity index (χ1) is 28.5. The van der Waals surface area contributed by atoms with Crippen molar-refractivity contribution in [1.82, 2.24) is 9.13 Å². The van der Waals surface area contributed by atoms with Gasteiger partial charge in [-0.25, -0.2) is 0 Å². The van der Waals surface area contributed by atoms with E-state index in [0.717, 1.165) is 0 Å². The van der Waals surface area contributed by atoms with E-state index in [-0.39, 0.29) is 27.1 Å². The summed E-state index contributed by atoms with van der Waals surface area (Å²) in [6, 6.07) is 42.9. The van der Waals surface area contributed by atoms with Crippen LogP contribution < -0.4 is 0 Å². The predicted molar refractivity (Wildman–Crippen MR) is 270 cm³/mol. The van der Waals surface area contributed by atoms with Crippen LogP contribution >= 0.6 is 0 Å². The Morgan fingerprint density at radius 3 is 0.803 bits per heavy atom. The van der Waals surface area contributed by atoms with E-state index in [4.69, 9.17) is 0 Å². The summed E-state index contributed by atoms with van der Waals surface area (Å²) in [4.78, 5) is 0. The van der Waals surface area contributed by atoms with Gasteiger partial charge in [0.05, 0.1) is 22.1 Å². The molecule has 0 saturated carbocycles. The largest absolute Gasteiger partial charge is 0.309 e. The molecular formula is C59H72N2. The van der Waals surface area contributed by atoms with Crippen LogP contribution in [0.2, 0.25) is 0 Å². The van der Waals surface area contributed by atoms with E-state index in [1.807, 2.05) is 27.7 Å². The third-order valence-electron chi connectivity index (χ3n) is 13.2. The van der Waals surface area contributed by atoms with Crippen molar-refractivity contribution in [3.05, 3.63) is 143 Å². The molecule has 0 N–H and O–H groups in total. The zero-order chi connectivity index (χ0) is 44.8. The fourth-order valence-electron chi connectivity index (χ4n) is 9.46. The fourth-order valence-corrected chi connectivity index (χ4v) is 9.46. The predicted octanol–water partition coefficient (Wildman–Crippen LogP) is 17.4. The lowest BCUT2D eigenvalue weighted by Crippen LogP contribution is -2.16. The molecule has 0 fully saturated rings. The topological polar surface area (TPSA) is 9.86 Å². The van der Waals surface area contributed by atoms with Crippen LogP contribution in [0.1, 0.15) is 158 Å². The van der Waals surface area contributed by atoms with Crippen molar-refractivity contribution in [2.75, 3.05) is 0 Å². The molecule has 0 amide bonds. The maximum absolute atomic E-state index is 2.50. The molecule has 0 spiro atoms. The van der Waals surface area contributed by atoms with Crippen molar-refractivity contribution in [3.63, 3.8) is 0 Å². The third-order valence-corrected chi connectivity index (χ3v) is 13.2. The Morgan fingerprint density at radius 2 is 0.574 bits per heavy atom. The average Bonchev–Trinajstić information content (AvgIpc) is 3.79. The lowest BCUT2D eigenvalue weighted by atomic mass is 9.82. The van der Waals surface area contributed by atoms with Crippen molar-refractivity contribution in [1.29, 1.82) is 0 Å². The van der Waals surface area contributed by atoms with E-state index < -0.39 is 0 Å². The molecule has 6 aromatic carbocycles. The maximum atomic E-state index is 2.50. The molecule has 61 heavy (non-hydrogen) atoms. The van der Waals surface area contributed by atoms with Crippen LogP contribution in [0.4, 0.5) is 0 Å². The molecular weight excluding hydrogens is 737 g/mol. The van der Waals surface area contributed by atoms with Gasteiger partial charge in [-0.3, -0.25) is 0 Å². The highest BCUT2D eigenvalue weighted by molar-refractivity contribution is 6.11. The molecule has 9 rings (SSSR count). The Hall–Kier alpha value is -5.08. The molecule has 2 aromatic heterocycles. The molecule has 2 nitrogen and oxygen atoms in total. The van der Waals surface area contributed by atoms with Crippen LogP contribution in [0.3, 0.4) is 0 Å². The summed E-state index contributed by atoms with van der Waals surface area (Å²) < 4.78 is 5.01. The molecule has 8 aromatic rings. The molecule has 318 valence electrons. The zero-order valence-electron chi connectivity index (χ0n) is 40.8. The number of aromatic nitrogens is 2. The maximum Gasteiger partial charge on any atom is 0.0541 e.